The van der Waals surface area contributed by atoms with Crippen LogP contribution in [0.2, 0.25) is 0 Å². The summed E-state index contributed by atoms with van der Waals surface area (Å²) >= 11 is 3.49. The van der Waals surface area contributed by atoms with Gasteiger partial charge in [0.1, 0.15) is 0 Å². The maximum atomic E-state index is 11.0. The quantitative estimate of drug-likeness (QED) is 0.907. The van der Waals surface area contributed by atoms with Gasteiger partial charge < -0.3 is 5.11 Å². The minimum Gasteiger partial charge on any atom is -0.480 e. The minimum atomic E-state index is -0.742. The first-order chi connectivity index (χ1) is 8.61. The average molecular weight is 312 g/mol. The summed E-state index contributed by atoms with van der Waals surface area (Å²) in [5.74, 6) is -0.742. The molecule has 1 aromatic rings. The maximum absolute atomic E-state index is 11.0. The smallest absolute Gasteiger partial charge is 0.317 e. The molecule has 98 valence electrons. The lowest BCUT2D eigenvalue weighted by Crippen LogP contribution is -2.33. The topological polar surface area (TPSA) is 40.5 Å². The van der Waals surface area contributed by atoms with E-state index in [1.807, 2.05) is 6.07 Å². The third kappa shape index (κ3) is 2.93. The van der Waals surface area contributed by atoms with Crippen LogP contribution in [0.15, 0.2) is 22.7 Å². The first-order valence-electron chi connectivity index (χ1n) is 6.36. The number of carboxylic acids is 1. The van der Waals surface area contributed by atoms with Crippen LogP contribution in [0.5, 0.6) is 0 Å². The molecular weight excluding hydrogens is 294 g/mol. The molecule has 2 rings (SSSR count). The molecular formula is C14H18BrNO2. The van der Waals surface area contributed by atoms with E-state index < -0.39 is 5.97 Å². The molecule has 1 unspecified atom stereocenters. The van der Waals surface area contributed by atoms with Crippen molar-refractivity contribution in [2.24, 2.45) is 0 Å². The van der Waals surface area contributed by atoms with E-state index in [4.69, 9.17) is 5.11 Å². The molecule has 0 saturated carbocycles. The molecule has 4 heteroatoms. The summed E-state index contributed by atoms with van der Waals surface area (Å²) in [6, 6.07) is 6.59. The largest absolute Gasteiger partial charge is 0.480 e. The van der Waals surface area contributed by atoms with Gasteiger partial charge in [0.25, 0.3) is 0 Å². The Balaban J connectivity index is 2.21. The predicted octanol–water partition coefficient (Wildman–Crippen LogP) is 3.23. The van der Waals surface area contributed by atoms with Gasteiger partial charge in [-0.25, -0.2) is 0 Å². The van der Waals surface area contributed by atoms with Crippen molar-refractivity contribution in [2.45, 2.75) is 32.2 Å². The zero-order chi connectivity index (χ0) is 13.1. The highest BCUT2D eigenvalue weighted by Gasteiger charge is 2.28. The van der Waals surface area contributed by atoms with Gasteiger partial charge in [0.05, 0.1) is 6.54 Å². The van der Waals surface area contributed by atoms with E-state index in [0.29, 0.717) is 0 Å². The summed E-state index contributed by atoms with van der Waals surface area (Å²) in [7, 11) is 0. The van der Waals surface area contributed by atoms with Gasteiger partial charge in [0, 0.05) is 10.5 Å². The molecule has 1 N–H and O–H groups in total. The molecule has 0 bridgehead atoms. The van der Waals surface area contributed by atoms with Crippen LogP contribution in [-0.2, 0) is 11.2 Å². The Morgan fingerprint density at radius 2 is 2.33 bits per heavy atom. The Bertz CT molecular complexity index is 447. The van der Waals surface area contributed by atoms with Crippen molar-refractivity contribution in [3.8, 4) is 0 Å². The van der Waals surface area contributed by atoms with Crippen LogP contribution in [0.4, 0.5) is 0 Å². The highest BCUT2D eigenvalue weighted by molar-refractivity contribution is 9.10. The number of hydrogen-bond donors (Lipinski definition) is 1. The zero-order valence-electron chi connectivity index (χ0n) is 10.5. The van der Waals surface area contributed by atoms with Gasteiger partial charge in [-0.2, -0.15) is 0 Å². The van der Waals surface area contributed by atoms with E-state index in [9.17, 15) is 4.79 Å². The van der Waals surface area contributed by atoms with Crippen LogP contribution in [0.1, 0.15) is 36.9 Å². The van der Waals surface area contributed by atoms with Gasteiger partial charge in [0.2, 0.25) is 0 Å². The first kappa shape index (κ1) is 13.6. The molecule has 0 saturated heterocycles. The van der Waals surface area contributed by atoms with Crippen molar-refractivity contribution in [3.05, 3.63) is 33.8 Å². The lowest BCUT2D eigenvalue weighted by molar-refractivity contribution is -0.139. The summed E-state index contributed by atoms with van der Waals surface area (Å²) in [6.07, 6.45) is 3.05. The minimum absolute atomic E-state index is 0.133. The lowest BCUT2D eigenvalue weighted by Gasteiger charge is -2.27. The number of rotatable bonds is 5. The van der Waals surface area contributed by atoms with Gasteiger partial charge in [-0.05, 0) is 49.1 Å². The highest BCUT2D eigenvalue weighted by Crippen LogP contribution is 2.36. The SMILES string of the molecule is CCCN(CC(=O)O)C1CCc2cc(Br)ccc21. The monoisotopic (exact) mass is 311 g/mol. The van der Waals surface area contributed by atoms with E-state index in [0.717, 1.165) is 30.3 Å². The Labute approximate surface area is 116 Å². The van der Waals surface area contributed by atoms with Crippen LogP contribution in [-0.4, -0.2) is 29.1 Å². The molecule has 1 aromatic carbocycles. The number of fused-ring (bicyclic) bond motifs is 1. The summed E-state index contributed by atoms with van der Waals surface area (Å²) in [4.78, 5) is 13.0. The van der Waals surface area contributed by atoms with Gasteiger partial charge in [-0.3, -0.25) is 9.69 Å². The Kier molecular flexibility index (Phi) is 4.40. The third-order valence-corrected chi connectivity index (χ3v) is 3.93. The molecule has 0 amide bonds. The van der Waals surface area contributed by atoms with Crippen molar-refractivity contribution in [1.29, 1.82) is 0 Å². The summed E-state index contributed by atoms with van der Waals surface area (Å²) in [6.45, 7) is 3.06. The fourth-order valence-electron chi connectivity index (χ4n) is 2.75. The number of hydrogen-bond acceptors (Lipinski definition) is 2. The fraction of sp³-hybridized carbons (Fsp3) is 0.500. The Morgan fingerprint density at radius 1 is 1.56 bits per heavy atom. The van der Waals surface area contributed by atoms with Crippen LogP contribution in [0.25, 0.3) is 0 Å². The van der Waals surface area contributed by atoms with E-state index >= 15 is 0 Å². The van der Waals surface area contributed by atoms with E-state index in [2.05, 4.69) is 39.9 Å². The maximum Gasteiger partial charge on any atom is 0.317 e. The fourth-order valence-corrected chi connectivity index (χ4v) is 3.16. The molecule has 0 aliphatic heterocycles. The predicted molar refractivity (Wildman–Crippen MR) is 74.7 cm³/mol. The lowest BCUT2D eigenvalue weighted by atomic mass is 10.1. The van der Waals surface area contributed by atoms with Crippen molar-refractivity contribution in [3.63, 3.8) is 0 Å². The van der Waals surface area contributed by atoms with Crippen LogP contribution < -0.4 is 0 Å². The summed E-state index contributed by atoms with van der Waals surface area (Å²) in [5, 5.41) is 9.01. The summed E-state index contributed by atoms with van der Waals surface area (Å²) < 4.78 is 1.10. The molecule has 0 radical (unpaired) electrons. The van der Waals surface area contributed by atoms with Crippen LogP contribution in [0.3, 0.4) is 0 Å². The number of carbonyl (C=O) groups is 1. The molecule has 1 aliphatic carbocycles. The summed E-state index contributed by atoms with van der Waals surface area (Å²) in [5.41, 5.74) is 2.65. The number of aryl methyl sites for hydroxylation is 1. The first-order valence-corrected chi connectivity index (χ1v) is 7.15. The van der Waals surface area contributed by atoms with E-state index in [1.165, 1.54) is 11.1 Å². The van der Waals surface area contributed by atoms with Gasteiger partial charge >= 0.3 is 5.97 Å². The molecule has 0 spiro atoms. The Morgan fingerprint density at radius 3 is 3.00 bits per heavy atom. The normalized spacial score (nSPS) is 18.1. The molecule has 3 nitrogen and oxygen atoms in total. The van der Waals surface area contributed by atoms with E-state index in [-0.39, 0.29) is 12.6 Å². The highest BCUT2D eigenvalue weighted by atomic mass is 79.9. The number of aliphatic carboxylic acids is 1. The molecule has 0 fully saturated rings. The second kappa shape index (κ2) is 5.85. The van der Waals surface area contributed by atoms with Crippen molar-refractivity contribution in [1.82, 2.24) is 4.90 Å². The van der Waals surface area contributed by atoms with Gasteiger partial charge in [-0.1, -0.05) is 28.9 Å². The number of halogens is 1. The molecule has 18 heavy (non-hydrogen) atoms. The van der Waals surface area contributed by atoms with Crippen LogP contribution >= 0.6 is 15.9 Å². The van der Waals surface area contributed by atoms with Crippen molar-refractivity contribution < 1.29 is 9.90 Å². The molecule has 1 atom stereocenters. The third-order valence-electron chi connectivity index (χ3n) is 3.44. The number of carboxylic acid groups (broad SMARTS) is 1. The molecule has 1 aliphatic rings. The number of benzene rings is 1. The van der Waals surface area contributed by atoms with Gasteiger partial charge in [0.15, 0.2) is 0 Å². The zero-order valence-corrected chi connectivity index (χ0v) is 12.1. The standard InChI is InChI=1S/C14H18BrNO2/c1-2-7-16(9-14(17)18)13-6-3-10-8-11(15)4-5-12(10)13/h4-5,8,13H,2-3,6-7,9H2,1H3,(H,17,18). The number of nitrogens with zero attached hydrogens (tertiary/aromatic N) is 1. The van der Waals surface area contributed by atoms with Crippen LogP contribution in [0, 0.1) is 0 Å². The van der Waals surface area contributed by atoms with Gasteiger partial charge in [-0.15, -0.1) is 0 Å². The second-order valence-electron chi connectivity index (χ2n) is 4.76. The van der Waals surface area contributed by atoms with E-state index in [1.54, 1.807) is 0 Å². The second-order valence-corrected chi connectivity index (χ2v) is 5.68. The van der Waals surface area contributed by atoms with Crippen molar-refractivity contribution >= 4 is 21.9 Å². The molecule has 0 aromatic heterocycles. The molecule has 0 heterocycles. The Hall–Kier alpha value is -0.870. The van der Waals surface area contributed by atoms with Crippen molar-refractivity contribution in [2.75, 3.05) is 13.1 Å². The average Bonchev–Trinajstić information content (AvgIpc) is 2.70.